The molecule has 1 aliphatic carbocycles. The molecule has 1 unspecified atom stereocenters. The van der Waals surface area contributed by atoms with Gasteiger partial charge in [-0.25, -0.2) is 4.79 Å². The van der Waals surface area contributed by atoms with Gasteiger partial charge >= 0.3 is 18.2 Å². The molecule has 2 fully saturated rings. The average Bonchev–Trinajstić information content (AvgIpc) is 3.02. The Bertz CT molecular complexity index is 454. The van der Waals surface area contributed by atoms with E-state index in [4.69, 9.17) is 5.11 Å². The van der Waals surface area contributed by atoms with E-state index in [0.29, 0.717) is 6.54 Å². The number of carboxylic acid groups (broad SMARTS) is 1. The van der Waals surface area contributed by atoms with Gasteiger partial charge < -0.3 is 15.3 Å². The molecule has 1 saturated carbocycles. The van der Waals surface area contributed by atoms with Crippen LogP contribution in [-0.4, -0.2) is 58.8 Å². The highest BCUT2D eigenvalue weighted by Crippen LogP contribution is 2.47. The van der Waals surface area contributed by atoms with Crippen molar-refractivity contribution in [2.24, 2.45) is 5.41 Å². The summed E-state index contributed by atoms with van der Waals surface area (Å²) >= 11 is 1.62. The summed E-state index contributed by atoms with van der Waals surface area (Å²) in [4.78, 5) is 23.9. The minimum Gasteiger partial charge on any atom is -0.481 e. The van der Waals surface area contributed by atoms with Crippen LogP contribution in [0.2, 0.25) is 0 Å². The minimum absolute atomic E-state index is 0.00327. The van der Waals surface area contributed by atoms with Crippen LogP contribution in [0.15, 0.2) is 0 Å². The third-order valence-electron chi connectivity index (χ3n) is 4.31. The molecule has 2 N–H and O–H groups in total. The number of carbonyl (C=O) groups excluding carboxylic acids is 1. The van der Waals surface area contributed by atoms with Crippen LogP contribution in [0.1, 0.15) is 19.3 Å². The van der Waals surface area contributed by atoms with Crippen LogP contribution in [0.4, 0.5) is 18.0 Å². The molecular formula is C12H17F3N2O3S. The van der Waals surface area contributed by atoms with Gasteiger partial charge in [-0.2, -0.15) is 24.9 Å². The van der Waals surface area contributed by atoms with Gasteiger partial charge in [0, 0.05) is 24.4 Å². The maximum Gasteiger partial charge on any atom is 0.406 e. The normalized spacial score (nSPS) is 27.5. The Hall–Kier alpha value is -1.12. The lowest BCUT2D eigenvalue weighted by Gasteiger charge is -2.27. The number of thioether (sulfide) groups is 1. The Balaban J connectivity index is 1.97. The molecule has 0 radical (unpaired) electrons. The fourth-order valence-electron chi connectivity index (χ4n) is 2.45. The summed E-state index contributed by atoms with van der Waals surface area (Å²) in [5.41, 5.74) is -2.85. The largest absolute Gasteiger partial charge is 0.481 e. The fraction of sp³-hybridized carbons (Fsp3) is 0.833. The fourth-order valence-corrected chi connectivity index (χ4v) is 3.18. The summed E-state index contributed by atoms with van der Waals surface area (Å²) < 4.78 is 39.0. The number of halogens is 3. The van der Waals surface area contributed by atoms with Gasteiger partial charge in [-0.15, -0.1) is 0 Å². The molecule has 2 amide bonds. The number of carboxylic acids is 1. The first kappa shape index (κ1) is 16.3. The molecule has 1 aliphatic heterocycles. The maximum absolute atomic E-state index is 13.0. The zero-order valence-corrected chi connectivity index (χ0v) is 12.3. The van der Waals surface area contributed by atoms with Crippen LogP contribution in [-0.2, 0) is 4.79 Å². The van der Waals surface area contributed by atoms with Crippen molar-refractivity contribution in [3.8, 4) is 0 Å². The lowest BCUT2D eigenvalue weighted by Crippen LogP contribution is -2.49. The molecule has 2 rings (SSSR count). The number of carbonyl (C=O) groups is 2. The standard InChI is InChI=1S/C12H17F3N2O3S/c1-21-10(2-3-10)6-16-9(20)17-5-4-11(7-17,8(18)19)12(13,14)15/h2-7H2,1H3,(H,16,20)(H,18,19). The Morgan fingerprint density at radius 1 is 1.33 bits per heavy atom. The van der Waals surface area contributed by atoms with Gasteiger partial charge in [-0.3, -0.25) is 4.79 Å². The molecule has 1 heterocycles. The average molecular weight is 326 g/mol. The van der Waals surface area contributed by atoms with E-state index in [1.165, 1.54) is 0 Å². The van der Waals surface area contributed by atoms with E-state index in [1.54, 1.807) is 11.8 Å². The summed E-state index contributed by atoms with van der Waals surface area (Å²) in [5, 5.41) is 11.5. The molecule has 9 heteroatoms. The number of likely N-dealkylation sites (tertiary alicyclic amines) is 1. The van der Waals surface area contributed by atoms with Crippen molar-refractivity contribution in [2.45, 2.75) is 30.2 Å². The summed E-state index contributed by atoms with van der Waals surface area (Å²) in [7, 11) is 0. The van der Waals surface area contributed by atoms with E-state index in [1.807, 2.05) is 6.26 Å². The molecule has 0 aromatic rings. The Morgan fingerprint density at radius 3 is 2.33 bits per heavy atom. The van der Waals surface area contributed by atoms with Crippen LogP contribution in [0, 0.1) is 5.41 Å². The molecule has 120 valence electrons. The second-order valence-electron chi connectivity index (χ2n) is 5.60. The second-order valence-corrected chi connectivity index (χ2v) is 6.88. The predicted molar refractivity (Wildman–Crippen MR) is 71.2 cm³/mol. The first-order valence-corrected chi connectivity index (χ1v) is 7.76. The molecule has 2 aliphatic rings. The van der Waals surface area contributed by atoms with E-state index in [2.05, 4.69) is 5.32 Å². The van der Waals surface area contributed by atoms with Gasteiger partial charge in [0.2, 0.25) is 0 Å². The molecule has 5 nitrogen and oxygen atoms in total. The van der Waals surface area contributed by atoms with Crippen LogP contribution in [0.3, 0.4) is 0 Å². The van der Waals surface area contributed by atoms with Gasteiger partial charge in [0.1, 0.15) is 0 Å². The van der Waals surface area contributed by atoms with E-state index in [-0.39, 0.29) is 11.3 Å². The summed E-state index contributed by atoms with van der Waals surface area (Å²) in [5.74, 6) is -1.92. The predicted octanol–water partition coefficient (Wildman–Crippen LogP) is 1.93. The third-order valence-corrected chi connectivity index (χ3v) is 5.73. The number of urea groups is 1. The van der Waals surface area contributed by atoms with Crippen molar-refractivity contribution in [3.05, 3.63) is 0 Å². The number of nitrogens with one attached hydrogen (secondary N) is 1. The van der Waals surface area contributed by atoms with Gasteiger partial charge in [-0.05, 0) is 25.5 Å². The molecule has 21 heavy (non-hydrogen) atoms. The number of hydrogen-bond acceptors (Lipinski definition) is 3. The SMILES string of the molecule is CSC1(CNC(=O)N2CCC(C(=O)O)(C(F)(F)F)C2)CC1. The quantitative estimate of drug-likeness (QED) is 0.828. The zero-order chi connectivity index (χ0) is 15.9. The minimum atomic E-state index is -4.87. The lowest BCUT2D eigenvalue weighted by atomic mass is 9.86. The van der Waals surface area contributed by atoms with Crippen molar-refractivity contribution in [3.63, 3.8) is 0 Å². The second kappa shape index (κ2) is 5.26. The smallest absolute Gasteiger partial charge is 0.406 e. The van der Waals surface area contributed by atoms with Crippen molar-refractivity contribution < 1.29 is 27.9 Å². The Labute approximate surface area is 124 Å². The summed E-state index contributed by atoms with van der Waals surface area (Å²) in [6.07, 6.45) is -1.61. The van der Waals surface area contributed by atoms with E-state index >= 15 is 0 Å². The molecule has 0 spiro atoms. The van der Waals surface area contributed by atoms with Crippen LogP contribution < -0.4 is 5.32 Å². The molecule has 0 aromatic carbocycles. The highest BCUT2D eigenvalue weighted by atomic mass is 32.2. The van der Waals surface area contributed by atoms with E-state index in [9.17, 15) is 22.8 Å². The molecule has 0 bridgehead atoms. The lowest BCUT2D eigenvalue weighted by molar-refractivity contribution is -0.226. The van der Waals surface area contributed by atoms with Crippen molar-refractivity contribution >= 4 is 23.8 Å². The first-order chi connectivity index (χ1) is 9.66. The number of rotatable bonds is 4. The van der Waals surface area contributed by atoms with Crippen LogP contribution in [0.5, 0.6) is 0 Å². The Kier molecular flexibility index (Phi) is 4.07. The van der Waals surface area contributed by atoms with Crippen LogP contribution >= 0.6 is 11.8 Å². The zero-order valence-electron chi connectivity index (χ0n) is 11.5. The third kappa shape index (κ3) is 2.93. The van der Waals surface area contributed by atoms with Crippen molar-refractivity contribution in [1.29, 1.82) is 0 Å². The van der Waals surface area contributed by atoms with Gasteiger partial charge in [0.25, 0.3) is 0 Å². The summed E-state index contributed by atoms with van der Waals surface area (Å²) in [6.45, 7) is -0.635. The molecule has 1 atom stereocenters. The van der Waals surface area contributed by atoms with Gasteiger partial charge in [0.05, 0.1) is 0 Å². The van der Waals surface area contributed by atoms with Crippen LogP contribution in [0.25, 0.3) is 0 Å². The molecule has 0 aromatic heterocycles. The number of nitrogens with zero attached hydrogens (tertiary/aromatic N) is 1. The highest BCUT2D eigenvalue weighted by molar-refractivity contribution is 8.00. The summed E-state index contributed by atoms with van der Waals surface area (Å²) in [6, 6.07) is -0.622. The number of amides is 2. The number of aliphatic carboxylic acids is 1. The Morgan fingerprint density at radius 2 is 1.95 bits per heavy atom. The molecule has 1 saturated heterocycles. The maximum atomic E-state index is 13.0. The topological polar surface area (TPSA) is 69.6 Å². The first-order valence-electron chi connectivity index (χ1n) is 6.54. The van der Waals surface area contributed by atoms with Gasteiger partial charge in [0.15, 0.2) is 5.41 Å². The van der Waals surface area contributed by atoms with Crippen molar-refractivity contribution in [2.75, 3.05) is 25.9 Å². The van der Waals surface area contributed by atoms with Crippen molar-refractivity contribution in [1.82, 2.24) is 10.2 Å². The number of hydrogen-bond donors (Lipinski definition) is 2. The number of alkyl halides is 3. The molecular weight excluding hydrogens is 309 g/mol. The van der Waals surface area contributed by atoms with E-state index < -0.39 is 36.6 Å². The van der Waals surface area contributed by atoms with Gasteiger partial charge in [-0.1, -0.05) is 0 Å². The monoisotopic (exact) mass is 326 g/mol. The highest BCUT2D eigenvalue weighted by Gasteiger charge is 2.64. The van der Waals surface area contributed by atoms with E-state index in [0.717, 1.165) is 17.7 Å².